The second-order valence-corrected chi connectivity index (χ2v) is 4.82. The highest BCUT2D eigenvalue weighted by Gasteiger charge is 2.39. The molecule has 0 spiro atoms. The highest BCUT2D eigenvalue weighted by atomic mass is 16.2. The van der Waals surface area contributed by atoms with E-state index in [2.05, 4.69) is 10.3 Å². The quantitative estimate of drug-likeness (QED) is 0.400. The molecular weight excluding hydrogens is 190 g/mol. The second kappa shape index (κ2) is 4.49. The average Bonchev–Trinajstić information content (AvgIpc) is 2.70. The van der Waals surface area contributed by atoms with Gasteiger partial charge in [0.2, 0.25) is 0 Å². The van der Waals surface area contributed by atoms with E-state index in [-0.39, 0.29) is 11.9 Å². The molecule has 4 heteroatoms. The standard InChI is InChI=1S/C11H21N3O/c1-8(11(15)13-12)14-7-6-9-4-2-3-5-10(9)14/h8-10H,2-7,12H2,1H3,(H,13,15). The van der Waals surface area contributed by atoms with E-state index in [0.29, 0.717) is 6.04 Å². The molecule has 0 aromatic rings. The number of nitrogens with two attached hydrogens (primary N) is 1. The zero-order valence-electron chi connectivity index (χ0n) is 9.41. The van der Waals surface area contributed by atoms with Gasteiger partial charge in [-0.3, -0.25) is 15.1 Å². The number of nitrogens with zero attached hydrogens (tertiary/aromatic N) is 1. The largest absolute Gasteiger partial charge is 0.293 e. The number of fused-ring (bicyclic) bond motifs is 1. The van der Waals surface area contributed by atoms with Crippen LogP contribution >= 0.6 is 0 Å². The third kappa shape index (κ3) is 2.01. The predicted octanol–water partition coefficient (Wildman–Crippen LogP) is 0.629. The Morgan fingerprint density at radius 2 is 2.13 bits per heavy atom. The van der Waals surface area contributed by atoms with Gasteiger partial charge in [0.15, 0.2) is 0 Å². The van der Waals surface area contributed by atoms with Gasteiger partial charge in [-0.25, -0.2) is 5.84 Å². The van der Waals surface area contributed by atoms with Gasteiger partial charge in [0.1, 0.15) is 0 Å². The summed E-state index contributed by atoms with van der Waals surface area (Å²) in [5.41, 5.74) is 2.26. The molecule has 4 nitrogen and oxygen atoms in total. The number of hydrazine groups is 1. The van der Waals surface area contributed by atoms with Crippen LogP contribution in [0.25, 0.3) is 0 Å². The van der Waals surface area contributed by atoms with E-state index >= 15 is 0 Å². The van der Waals surface area contributed by atoms with Crippen LogP contribution in [0.4, 0.5) is 0 Å². The van der Waals surface area contributed by atoms with E-state index in [4.69, 9.17) is 5.84 Å². The van der Waals surface area contributed by atoms with Crippen molar-refractivity contribution in [1.29, 1.82) is 0 Å². The maximum Gasteiger partial charge on any atom is 0.250 e. The molecule has 1 aliphatic carbocycles. The summed E-state index contributed by atoms with van der Waals surface area (Å²) in [7, 11) is 0. The zero-order valence-corrected chi connectivity index (χ0v) is 9.41. The lowest BCUT2D eigenvalue weighted by Crippen LogP contribution is -2.50. The van der Waals surface area contributed by atoms with Crippen molar-refractivity contribution in [2.75, 3.05) is 6.54 Å². The van der Waals surface area contributed by atoms with E-state index in [1.165, 1.54) is 32.1 Å². The molecule has 2 aliphatic rings. The van der Waals surface area contributed by atoms with Crippen molar-refractivity contribution in [3.8, 4) is 0 Å². The Morgan fingerprint density at radius 3 is 2.87 bits per heavy atom. The van der Waals surface area contributed by atoms with Crippen LogP contribution in [0.5, 0.6) is 0 Å². The summed E-state index contributed by atoms with van der Waals surface area (Å²) in [6.45, 7) is 3.02. The first kappa shape index (κ1) is 10.9. The fraction of sp³-hybridized carbons (Fsp3) is 0.909. The van der Waals surface area contributed by atoms with Crippen LogP contribution in [0, 0.1) is 5.92 Å². The second-order valence-electron chi connectivity index (χ2n) is 4.82. The Labute approximate surface area is 91.2 Å². The summed E-state index contributed by atoms with van der Waals surface area (Å²) in [5.74, 6) is 5.95. The predicted molar refractivity (Wildman–Crippen MR) is 58.9 cm³/mol. The average molecular weight is 211 g/mol. The summed E-state index contributed by atoms with van der Waals surface area (Å²) < 4.78 is 0. The minimum atomic E-state index is -0.0666. The van der Waals surface area contributed by atoms with Gasteiger partial charge in [-0.05, 0) is 38.6 Å². The van der Waals surface area contributed by atoms with Crippen molar-refractivity contribution in [2.45, 2.75) is 51.1 Å². The lowest BCUT2D eigenvalue weighted by molar-refractivity contribution is -0.126. The molecule has 2 fully saturated rings. The van der Waals surface area contributed by atoms with Crippen molar-refractivity contribution in [1.82, 2.24) is 10.3 Å². The van der Waals surface area contributed by atoms with Crippen molar-refractivity contribution in [2.24, 2.45) is 11.8 Å². The topological polar surface area (TPSA) is 58.4 Å². The molecule has 15 heavy (non-hydrogen) atoms. The number of amides is 1. The lowest BCUT2D eigenvalue weighted by Gasteiger charge is -2.34. The minimum Gasteiger partial charge on any atom is -0.293 e. The fourth-order valence-corrected chi connectivity index (χ4v) is 3.19. The molecule has 0 aromatic carbocycles. The Balaban J connectivity index is 2.00. The highest BCUT2D eigenvalue weighted by Crippen LogP contribution is 2.37. The van der Waals surface area contributed by atoms with E-state index in [9.17, 15) is 4.79 Å². The first-order valence-corrected chi connectivity index (χ1v) is 6.00. The molecule has 0 bridgehead atoms. The number of rotatable bonds is 2. The first-order chi connectivity index (χ1) is 7.24. The van der Waals surface area contributed by atoms with E-state index < -0.39 is 0 Å². The molecular formula is C11H21N3O. The fourth-order valence-electron chi connectivity index (χ4n) is 3.19. The first-order valence-electron chi connectivity index (χ1n) is 6.00. The SMILES string of the molecule is CC(C(=O)NN)N1CCC2CCCCC21. The van der Waals surface area contributed by atoms with Crippen LogP contribution in [0.1, 0.15) is 39.0 Å². The molecule has 1 amide bonds. The molecule has 1 saturated heterocycles. The van der Waals surface area contributed by atoms with Gasteiger partial charge in [-0.2, -0.15) is 0 Å². The van der Waals surface area contributed by atoms with Crippen LogP contribution in [-0.2, 0) is 4.79 Å². The molecule has 1 aliphatic heterocycles. The van der Waals surface area contributed by atoms with Crippen molar-refractivity contribution >= 4 is 5.91 Å². The lowest BCUT2D eigenvalue weighted by atomic mass is 9.85. The summed E-state index contributed by atoms with van der Waals surface area (Å²) in [5, 5.41) is 0. The number of hydrogen-bond donors (Lipinski definition) is 2. The molecule has 1 saturated carbocycles. The number of likely N-dealkylation sites (tertiary alicyclic amines) is 1. The maximum atomic E-state index is 11.5. The van der Waals surface area contributed by atoms with Crippen molar-refractivity contribution in [3.05, 3.63) is 0 Å². The number of hydrogen-bond acceptors (Lipinski definition) is 3. The van der Waals surface area contributed by atoms with Crippen LogP contribution < -0.4 is 11.3 Å². The van der Waals surface area contributed by atoms with Crippen LogP contribution in [-0.4, -0.2) is 29.4 Å². The smallest absolute Gasteiger partial charge is 0.250 e. The molecule has 86 valence electrons. The summed E-state index contributed by atoms with van der Waals surface area (Å²) in [6, 6.07) is 0.564. The maximum absolute atomic E-state index is 11.5. The summed E-state index contributed by atoms with van der Waals surface area (Å²) in [6.07, 6.45) is 6.54. The Hall–Kier alpha value is -0.610. The molecule has 3 unspecified atom stereocenters. The highest BCUT2D eigenvalue weighted by molar-refractivity contribution is 5.80. The van der Waals surface area contributed by atoms with Gasteiger partial charge in [-0.15, -0.1) is 0 Å². The molecule has 1 heterocycles. The van der Waals surface area contributed by atoms with Crippen LogP contribution in [0.3, 0.4) is 0 Å². The number of nitrogens with one attached hydrogen (secondary N) is 1. The number of carbonyl (C=O) groups excluding carboxylic acids is 1. The van der Waals surface area contributed by atoms with Gasteiger partial charge in [-0.1, -0.05) is 12.8 Å². The third-order valence-electron chi connectivity index (χ3n) is 4.07. The normalized spacial score (nSPS) is 33.5. The van der Waals surface area contributed by atoms with Crippen molar-refractivity contribution < 1.29 is 4.79 Å². The van der Waals surface area contributed by atoms with Crippen LogP contribution in [0.2, 0.25) is 0 Å². The van der Waals surface area contributed by atoms with Crippen molar-refractivity contribution in [3.63, 3.8) is 0 Å². The molecule has 3 atom stereocenters. The van der Waals surface area contributed by atoms with Crippen LogP contribution in [0.15, 0.2) is 0 Å². The van der Waals surface area contributed by atoms with Gasteiger partial charge >= 0.3 is 0 Å². The molecule has 0 radical (unpaired) electrons. The minimum absolute atomic E-state index is 0.0544. The molecule has 3 N–H and O–H groups in total. The zero-order chi connectivity index (χ0) is 10.8. The Kier molecular flexibility index (Phi) is 3.26. The Morgan fingerprint density at radius 1 is 1.40 bits per heavy atom. The monoisotopic (exact) mass is 211 g/mol. The van der Waals surface area contributed by atoms with E-state index in [1.807, 2.05) is 6.92 Å². The Bertz CT molecular complexity index is 244. The summed E-state index contributed by atoms with van der Waals surface area (Å²) in [4.78, 5) is 13.8. The molecule has 2 rings (SSSR count). The van der Waals surface area contributed by atoms with Gasteiger partial charge in [0.05, 0.1) is 6.04 Å². The summed E-state index contributed by atoms with van der Waals surface area (Å²) >= 11 is 0. The third-order valence-corrected chi connectivity index (χ3v) is 4.07. The van der Waals surface area contributed by atoms with Gasteiger partial charge in [0, 0.05) is 6.04 Å². The molecule has 0 aromatic heterocycles. The van der Waals surface area contributed by atoms with E-state index in [1.54, 1.807) is 0 Å². The van der Waals surface area contributed by atoms with Gasteiger partial charge < -0.3 is 0 Å². The van der Waals surface area contributed by atoms with E-state index in [0.717, 1.165) is 12.5 Å². The number of carbonyl (C=O) groups is 1. The van der Waals surface area contributed by atoms with Gasteiger partial charge in [0.25, 0.3) is 5.91 Å².